The molecule has 0 unspecified atom stereocenters. The van der Waals surface area contributed by atoms with E-state index in [1.165, 1.54) is 4.90 Å². The van der Waals surface area contributed by atoms with Gasteiger partial charge < -0.3 is 24.6 Å². The highest BCUT2D eigenvalue weighted by atomic mass is 35.5. The van der Waals surface area contributed by atoms with Crippen molar-refractivity contribution in [2.45, 2.75) is 6.04 Å². The lowest BCUT2D eigenvalue weighted by molar-refractivity contribution is -0.121. The summed E-state index contributed by atoms with van der Waals surface area (Å²) in [7, 11) is 3.13. The summed E-state index contributed by atoms with van der Waals surface area (Å²) in [6.07, 6.45) is 0. The quantitative estimate of drug-likeness (QED) is 0.580. The van der Waals surface area contributed by atoms with Crippen molar-refractivity contribution in [1.29, 1.82) is 0 Å². The second-order valence-electron chi connectivity index (χ2n) is 8.59. The van der Waals surface area contributed by atoms with E-state index in [0.717, 1.165) is 11.1 Å². The first-order valence-electron chi connectivity index (χ1n) is 11.4. The third-order valence-electron chi connectivity index (χ3n) is 6.55. The molecule has 1 saturated heterocycles. The summed E-state index contributed by atoms with van der Waals surface area (Å²) in [6.45, 7) is 0.659. The summed E-state index contributed by atoms with van der Waals surface area (Å²) in [5.74, 6) is 0.468. The molecule has 1 N–H and O–H groups in total. The Morgan fingerprint density at radius 3 is 2.44 bits per heavy atom. The standard InChI is InChI=1S/C27H24ClN3O5/c1-35-19-7-3-16(4-8-19)26(33)30-11-12-31-23(15-30)25(32)29-22-9-5-17(13-21(22)27(31)34)20-14-18(28)6-10-24(20)36-2/h3-10,13-14,23H,11-12,15H2,1-2H3,(H,29,32)/t23-/m0/s1. The van der Waals surface area contributed by atoms with Gasteiger partial charge in [0.05, 0.1) is 32.0 Å². The SMILES string of the molecule is COc1ccc(C(=O)N2CCN3C(=O)c4cc(-c5cc(Cl)ccc5OC)ccc4NC(=O)[C@@H]3C2)cc1. The molecule has 3 amide bonds. The maximum atomic E-state index is 13.6. The third kappa shape index (κ3) is 4.24. The number of halogens is 1. The Hall–Kier alpha value is -4.04. The van der Waals surface area contributed by atoms with E-state index in [1.54, 1.807) is 73.7 Å². The number of anilines is 1. The minimum Gasteiger partial charge on any atom is -0.497 e. The lowest BCUT2D eigenvalue weighted by atomic mass is 10.00. The zero-order chi connectivity index (χ0) is 25.4. The Bertz CT molecular complexity index is 1360. The molecule has 0 aromatic heterocycles. The van der Waals surface area contributed by atoms with E-state index >= 15 is 0 Å². The summed E-state index contributed by atoms with van der Waals surface area (Å²) in [5, 5.41) is 3.41. The number of hydrogen-bond donors (Lipinski definition) is 1. The molecule has 2 aliphatic heterocycles. The number of nitrogens with one attached hydrogen (secondary N) is 1. The van der Waals surface area contributed by atoms with Crippen LogP contribution in [0.5, 0.6) is 11.5 Å². The Morgan fingerprint density at radius 2 is 1.72 bits per heavy atom. The zero-order valence-corrected chi connectivity index (χ0v) is 20.5. The highest BCUT2D eigenvalue weighted by Gasteiger charge is 2.40. The fourth-order valence-corrected chi connectivity index (χ4v) is 4.80. The molecule has 0 spiro atoms. The summed E-state index contributed by atoms with van der Waals surface area (Å²) < 4.78 is 10.6. The molecule has 184 valence electrons. The monoisotopic (exact) mass is 505 g/mol. The molecule has 2 heterocycles. The van der Waals surface area contributed by atoms with Crippen molar-refractivity contribution >= 4 is 35.0 Å². The lowest BCUT2D eigenvalue weighted by Gasteiger charge is -2.39. The maximum absolute atomic E-state index is 13.6. The van der Waals surface area contributed by atoms with Gasteiger partial charge in [0.1, 0.15) is 17.5 Å². The maximum Gasteiger partial charge on any atom is 0.256 e. The average Bonchev–Trinajstić information content (AvgIpc) is 3.01. The van der Waals surface area contributed by atoms with Crippen LogP contribution in [0, 0.1) is 0 Å². The van der Waals surface area contributed by atoms with Crippen molar-refractivity contribution in [3.05, 3.63) is 76.8 Å². The Balaban J connectivity index is 1.42. The fourth-order valence-electron chi connectivity index (χ4n) is 4.63. The number of methoxy groups -OCH3 is 2. The fraction of sp³-hybridized carbons (Fsp3) is 0.222. The Morgan fingerprint density at radius 1 is 0.944 bits per heavy atom. The molecule has 0 bridgehead atoms. The Labute approximate surface area is 213 Å². The van der Waals surface area contributed by atoms with Crippen LogP contribution in [0.3, 0.4) is 0 Å². The summed E-state index contributed by atoms with van der Waals surface area (Å²) in [6, 6.07) is 16.5. The summed E-state index contributed by atoms with van der Waals surface area (Å²) >= 11 is 6.20. The van der Waals surface area contributed by atoms with Crippen LogP contribution in [0.15, 0.2) is 60.7 Å². The molecule has 2 aliphatic rings. The molecule has 1 fully saturated rings. The van der Waals surface area contributed by atoms with Crippen molar-refractivity contribution < 1.29 is 23.9 Å². The molecule has 5 rings (SSSR count). The van der Waals surface area contributed by atoms with Crippen LogP contribution in [0.1, 0.15) is 20.7 Å². The van der Waals surface area contributed by atoms with Gasteiger partial charge in [-0.25, -0.2) is 0 Å². The molecule has 3 aromatic rings. The van der Waals surface area contributed by atoms with Crippen molar-refractivity contribution in [3.63, 3.8) is 0 Å². The number of ether oxygens (including phenoxy) is 2. The van der Waals surface area contributed by atoms with E-state index in [2.05, 4.69) is 5.32 Å². The van der Waals surface area contributed by atoms with E-state index in [9.17, 15) is 14.4 Å². The molecular formula is C27H24ClN3O5. The number of carbonyl (C=O) groups is 3. The Kier molecular flexibility index (Phi) is 6.28. The molecule has 3 aromatic carbocycles. The summed E-state index contributed by atoms with van der Waals surface area (Å²) in [5.41, 5.74) is 2.77. The van der Waals surface area contributed by atoms with Crippen molar-refractivity contribution in [2.24, 2.45) is 0 Å². The van der Waals surface area contributed by atoms with Crippen LogP contribution in [-0.4, -0.2) is 67.4 Å². The van der Waals surface area contributed by atoms with Crippen molar-refractivity contribution in [2.75, 3.05) is 39.2 Å². The van der Waals surface area contributed by atoms with Gasteiger partial charge >= 0.3 is 0 Å². The second kappa shape index (κ2) is 9.54. The van der Waals surface area contributed by atoms with Gasteiger partial charge in [-0.05, 0) is 60.2 Å². The van der Waals surface area contributed by atoms with Crippen LogP contribution in [0.4, 0.5) is 5.69 Å². The van der Waals surface area contributed by atoms with E-state index in [4.69, 9.17) is 21.1 Å². The van der Waals surface area contributed by atoms with Gasteiger partial charge in [0.25, 0.3) is 11.8 Å². The predicted molar refractivity (Wildman–Crippen MR) is 136 cm³/mol. The molecule has 0 aliphatic carbocycles. The molecule has 8 nitrogen and oxygen atoms in total. The number of nitrogens with zero attached hydrogens (tertiary/aromatic N) is 2. The molecule has 9 heteroatoms. The van der Waals surface area contributed by atoms with Gasteiger partial charge in [0, 0.05) is 29.2 Å². The number of benzene rings is 3. The van der Waals surface area contributed by atoms with Crippen LogP contribution < -0.4 is 14.8 Å². The summed E-state index contributed by atoms with van der Waals surface area (Å²) in [4.78, 5) is 43.0. The first-order valence-corrected chi connectivity index (χ1v) is 11.8. The lowest BCUT2D eigenvalue weighted by Crippen LogP contribution is -2.59. The van der Waals surface area contributed by atoms with Crippen LogP contribution >= 0.6 is 11.6 Å². The number of fused-ring (bicyclic) bond motifs is 2. The van der Waals surface area contributed by atoms with Crippen LogP contribution in [0.2, 0.25) is 5.02 Å². The topological polar surface area (TPSA) is 88.2 Å². The molecule has 0 saturated carbocycles. The predicted octanol–water partition coefficient (Wildman–Crippen LogP) is 3.94. The minimum absolute atomic E-state index is 0.103. The van der Waals surface area contributed by atoms with E-state index in [0.29, 0.717) is 39.9 Å². The van der Waals surface area contributed by atoms with E-state index < -0.39 is 6.04 Å². The molecule has 1 atom stereocenters. The van der Waals surface area contributed by atoms with Gasteiger partial charge in [-0.3, -0.25) is 14.4 Å². The number of piperazine rings is 1. The minimum atomic E-state index is -0.801. The first-order chi connectivity index (χ1) is 17.4. The van der Waals surface area contributed by atoms with Gasteiger partial charge in [0.15, 0.2) is 0 Å². The van der Waals surface area contributed by atoms with E-state index in [-0.39, 0.29) is 30.8 Å². The van der Waals surface area contributed by atoms with Gasteiger partial charge in [0.2, 0.25) is 5.91 Å². The highest BCUT2D eigenvalue weighted by molar-refractivity contribution is 6.31. The van der Waals surface area contributed by atoms with Gasteiger partial charge in [-0.15, -0.1) is 0 Å². The van der Waals surface area contributed by atoms with Crippen molar-refractivity contribution in [3.8, 4) is 22.6 Å². The van der Waals surface area contributed by atoms with Gasteiger partial charge in [-0.2, -0.15) is 0 Å². The first kappa shape index (κ1) is 23.7. The largest absolute Gasteiger partial charge is 0.497 e. The zero-order valence-electron chi connectivity index (χ0n) is 19.8. The van der Waals surface area contributed by atoms with Crippen molar-refractivity contribution in [1.82, 2.24) is 9.80 Å². The number of rotatable bonds is 4. The normalized spacial score (nSPS) is 17.0. The van der Waals surface area contributed by atoms with Crippen LogP contribution in [-0.2, 0) is 4.79 Å². The number of carbonyl (C=O) groups excluding carboxylic acids is 3. The third-order valence-corrected chi connectivity index (χ3v) is 6.78. The van der Waals surface area contributed by atoms with E-state index in [1.807, 2.05) is 6.07 Å². The average molecular weight is 506 g/mol. The second-order valence-corrected chi connectivity index (χ2v) is 9.02. The number of amides is 3. The smallest absolute Gasteiger partial charge is 0.256 e. The highest BCUT2D eigenvalue weighted by Crippen LogP contribution is 2.36. The number of hydrogen-bond acceptors (Lipinski definition) is 5. The molecule has 0 radical (unpaired) electrons. The van der Waals surface area contributed by atoms with Crippen LogP contribution in [0.25, 0.3) is 11.1 Å². The molecule has 36 heavy (non-hydrogen) atoms. The van der Waals surface area contributed by atoms with Gasteiger partial charge in [-0.1, -0.05) is 17.7 Å². The molecular weight excluding hydrogens is 482 g/mol.